The van der Waals surface area contributed by atoms with E-state index in [2.05, 4.69) is 10.6 Å². The van der Waals surface area contributed by atoms with Gasteiger partial charge in [-0.1, -0.05) is 44.2 Å². The third-order valence-electron chi connectivity index (χ3n) is 6.14. The topological polar surface area (TPSA) is 78.5 Å². The molecule has 0 radical (unpaired) electrons. The van der Waals surface area contributed by atoms with E-state index < -0.39 is 6.04 Å². The van der Waals surface area contributed by atoms with Gasteiger partial charge < -0.3 is 15.5 Å². The number of hydrogen-bond acceptors (Lipinski definition) is 3. The number of benzene rings is 2. The summed E-state index contributed by atoms with van der Waals surface area (Å²) in [5, 5.41) is 5.75. The zero-order chi connectivity index (χ0) is 24.0. The Bertz CT molecular complexity index is 986. The molecule has 1 aliphatic rings. The van der Waals surface area contributed by atoms with E-state index >= 15 is 0 Å². The lowest BCUT2D eigenvalue weighted by Crippen LogP contribution is -2.53. The highest BCUT2D eigenvalue weighted by molar-refractivity contribution is 5.97. The van der Waals surface area contributed by atoms with Crippen LogP contribution in [0.2, 0.25) is 0 Å². The fraction of sp³-hybridized carbons (Fsp3) is 0.423. The largest absolute Gasteiger partial charge is 0.352 e. The van der Waals surface area contributed by atoms with Crippen LogP contribution in [0.4, 0.5) is 4.39 Å². The Labute approximate surface area is 194 Å². The van der Waals surface area contributed by atoms with Crippen molar-refractivity contribution in [1.82, 2.24) is 15.5 Å². The summed E-state index contributed by atoms with van der Waals surface area (Å²) in [6, 6.07) is 13.1. The Hall–Kier alpha value is -3.22. The summed E-state index contributed by atoms with van der Waals surface area (Å²) in [6.07, 6.45) is 1.11. The molecular weight excluding hydrogens is 421 g/mol. The van der Waals surface area contributed by atoms with Crippen LogP contribution in [0.3, 0.4) is 0 Å². The summed E-state index contributed by atoms with van der Waals surface area (Å²) in [7, 11) is 0. The Balaban J connectivity index is 1.51. The standard InChI is InChI=1S/C26H32FN3O3/c1-17(2)23(29-25(32)20-7-5-4-6-8-20)26(33)30-13-11-21(12-14-30)24(31)28-16-19-10-9-18(3)22(27)15-19/h4-10,15,17,21,23H,11-14,16H2,1-3H3,(H,28,31)(H,29,32). The van der Waals surface area contributed by atoms with Gasteiger partial charge in [-0.25, -0.2) is 4.39 Å². The quantitative estimate of drug-likeness (QED) is 0.674. The van der Waals surface area contributed by atoms with Crippen LogP contribution in [-0.2, 0) is 16.1 Å². The first-order valence-corrected chi connectivity index (χ1v) is 11.4. The second-order valence-corrected chi connectivity index (χ2v) is 8.96. The second kappa shape index (κ2) is 11.1. The molecule has 0 bridgehead atoms. The molecule has 3 rings (SSSR count). The summed E-state index contributed by atoms with van der Waals surface area (Å²) >= 11 is 0. The average Bonchev–Trinajstić information content (AvgIpc) is 2.83. The van der Waals surface area contributed by atoms with Gasteiger partial charge >= 0.3 is 0 Å². The number of rotatable bonds is 7. The Morgan fingerprint density at radius 2 is 1.73 bits per heavy atom. The number of aryl methyl sites for hydroxylation is 1. The summed E-state index contributed by atoms with van der Waals surface area (Å²) in [4.78, 5) is 40.0. The van der Waals surface area contributed by atoms with Gasteiger partial charge in [0.15, 0.2) is 0 Å². The van der Waals surface area contributed by atoms with Crippen LogP contribution >= 0.6 is 0 Å². The highest BCUT2D eigenvalue weighted by atomic mass is 19.1. The molecule has 6 nitrogen and oxygen atoms in total. The van der Waals surface area contributed by atoms with Crippen LogP contribution in [-0.4, -0.2) is 41.8 Å². The summed E-state index contributed by atoms with van der Waals surface area (Å²) < 4.78 is 13.7. The van der Waals surface area contributed by atoms with Crippen LogP contribution in [0.25, 0.3) is 0 Å². The minimum absolute atomic E-state index is 0.0684. The molecule has 1 heterocycles. The lowest BCUT2D eigenvalue weighted by molar-refractivity contribution is -0.138. The van der Waals surface area contributed by atoms with Crippen molar-refractivity contribution in [2.75, 3.05) is 13.1 Å². The molecule has 2 aromatic carbocycles. The van der Waals surface area contributed by atoms with Crippen molar-refractivity contribution >= 4 is 17.7 Å². The molecule has 2 aromatic rings. The maximum atomic E-state index is 13.7. The summed E-state index contributed by atoms with van der Waals surface area (Å²) in [6.45, 7) is 6.70. The van der Waals surface area contributed by atoms with E-state index in [4.69, 9.17) is 0 Å². The van der Waals surface area contributed by atoms with E-state index in [1.807, 2.05) is 19.9 Å². The molecule has 1 atom stereocenters. The van der Waals surface area contributed by atoms with E-state index in [-0.39, 0.29) is 41.9 Å². The van der Waals surface area contributed by atoms with Crippen molar-refractivity contribution in [3.8, 4) is 0 Å². The number of halogens is 1. The molecule has 1 fully saturated rings. The number of carbonyl (C=O) groups excluding carboxylic acids is 3. The summed E-state index contributed by atoms with van der Waals surface area (Å²) in [5.74, 6) is -1.02. The monoisotopic (exact) mass is 453 g/mol. The smallest absolute Gasteiger partial charge is 0.251 e. The minimum atomic E-state index is -0.625. The molecule has 3 amide bonds. The predicted molar refractivity (Wildman–Crippen MR) is 125 cm³/mol. The molecule has 176 valence electrons. The minimum Gasteiger partial charge on any atom is -0.352 e. The van der Waals surface area contributed by atoms with Gasteiger partial charge in [-0.2, -0.15) is 0 Å². The van der Waals surface area contributed by atoms with E-state index in [1.165, 1.54) is 6.07 Å². The number of piperidine rings is 1. The zero-order valence-corrected chi connectivity index (χ0v) is 19.4. The van der Waals surface area contributed by atoms with Gasteiger partial charge in [-0.3, -0.25) is 14.4 Å². The molecular formula is C26H32FN3O3. The van der Waals surface area contributed by atoms with Crippen LogP contribution in [0, 0.1) is 24.6 Å². The van der Waals surface area contributed by atoms with Crippen LogP contribution in [0.5, 0.6) is 0 Å². The number of carbonyl (C=O) groups is 3. The number of likely N-dealkylation sites (tertiary alicyclic amines) is 1. The maximum Gasteiger partial charge on any atom is 0.251 e. The second-order valence-electron chi connectivity index (χ2n) is 8.96. The number of nitrogens with zero attached hydrogens (tertiary/aromatic N) is 1. The Kier molecular flexibility index (Phi) is 8.20. The molecule has 0 aromatic heterocycles. The van der Waals surface area contributed by atoms with Gasteiger partial charge in [0.25, 0.3) is 5.91 Å². The van der Waals surface area contributed by atoms with Crippen LogP contribution in [0.1, 0.15) is 48.2 Å². The molecule has 1 aliphatic heterocycles. The normalized spacial score (nSPS) is 15.2. The molecule has 1 saturated heterocycles. The molecule has 7 heteroatoms. The molecule has 0 aliphatic carbocycles. The highest BCUT2D eigenvalue weighted by Gasteiger charge is 2.33. The van der Waals surface area contributed by atoms with Gasteiger partial charge in [0.05, 0.1) is 0 Å². The lowest BCUT2D eigenvalue weighted by atomic mass is 9.94. The molecule has 2 N–H and O–H groups in total. The fourth-order valence-electron chi connectivity index (χ4n) is 3.97. The number of amides is 3. The third-order valence-corrected chi connectivity index (χ3v) is 6.14. The molecule has 0 saturated carbocycles. The first-order chi connectivity index (χ1) is 15.8. The van der Waals surface area contributed by atoms with Crippen molar-refractivity contribution in [2.45, 2.75) is 46.2 Å². The van der Waals surface area contributed by atoms with E-state index in [9.17, 15) is 18.8 Å². The van der Waals surface area contributed by atoms with Crippen LogP contribution < -0.4 is 10.6 Å². The SMILES string of the molecule is Cc1ccc(CNC(=O)C2CCN(C(=O)C(NC(=O)c3ccccc3)C(C)C)CC2)cc1F. The van der Waals surface area contributed by atoms with Crippen molar-refractivity contribution in [2.24, 2.45) is 11.8 Å². The lowest BCUT2D eigenvalue weighted by Gasteiger charge is -2.35. The van der Waals surface area contributed by atoms with E-state index in [1.54, 1.807) is 48.2 Å². The molecule has 33 heavy (non-hydrogen) atoms. The molecule has 1 unspecified atom stereocenters. The molecule has 0 spiro atoms. The maximum absolute atomic E-state index is 13.7. The number of nitrogens with one attached hydrogen (secondary N) is 2. The first kappa shape index (κ1) is 24.4. The van der Waals surface area contributed by atoms with Crippen molar-refractivity contribution in [1.29, 1.82) is 0 Å². The van der Waals surface area contributed by atoms with Gasteiger partial charge in [0.1, 0.15) is 11.9 Å². The van der Waals surface area contributed by atoms with E-state index in [0.717, 1.165) is 0 Å². The van der Waals surface area contributed by atoms with Gasteiger partial charge in [0.2, 0.25) is 11.8 Å². The zero-order valence-electron chi connectivity index (χ0n) is 19.4. The fourth-order valence-corrected chi connectivity index (χ4v) is 3.97. The first-order valence-electron chi connectivity index (χ1n) is 11.4. The van der Waals surface area contributed by atoms with Crippen molar-refractivity contribution < 1.29 is 18.8 Å². The number of hydrogen-bond donors (Lipinski definition) is 2. The predicted octanol–water partition coefficient (Wildman–Crippen LogP) is 3.44. The summed E-state index contributed by atoms with van der Waals surface area (Å²) in [5.41, 5.74) is 1.80. The Morgan fingerprint density at radius 3 is 2.33 bits per heavy atom. The average molecular weight is 454 g/mol. The van der Waals surface area contributed by atoms with Crippen molar-refractivity contribution in [3.63, 3.8) is 0 Å². The van der Waals surface area contributed by atoms with Gasteiger partial charge in [-0.05, 0) is 55.0 Å². The van der Waals surface area contributed by atoms with Gasteiger partial charge in [-0.15, -0.1) is 0 Å². The van der Waals surface area contributed by atoms with Crippen LogP contribution in [0.15, 0.2) is 48.5 Å². The highest BCUT2D eigenvalue weighted by Crippen LogP contribution is 2.20. The third kappa shape index (κ3) is 6.40. The van der Waals surface area contributed by atoms with Gasteiger partial charge in [0, 0.05) is 31.1 Å². The van der Waals surface area contributed by atoms with Crippen molar-refractivity contribution in [3.05, 3.63) is 71.0 Å². The van der Waals surface area contributed by atoms with E-state index in [0.29, 0.717) is 42.6 Å². The Morgan fingerprint density at radius 1 is 1.06 bits per heavy atom.